The first-order chi connectivity index (χ1) is 12.8. The topological polar surface area (TPSA) is 87.1 Å². The van der Waals surface area contributed by atoms with Crippen molar-refractivity contribution in [1.29, 1.82) is 5.26 Å². The summed E-state index contributed by atoms with van der Waals surface area (Å²) in [6, 6.07) is 13.2. The van der Waals surface area contributed by atoms with Crippen LogP contribution in [0.3, 0.4) is 0 Å². The quantitative estimate of drug-likeness (QED) is 0.733. The Morgan fingerprint density at radius 3 is 3.04 bits per heavy atom. The first-order valence-electron chi connectivity index (χ1n) is 8.36. The highest BCUT2D eigenvalue weighted by molar-refractivity contribution is 6.02. The lowest BCUT2D eigenvalue weighted by Crippen LogP contribution is -2.33. The summed E-state index contributed by atoms with van der Waals surface area (Å²) in [5.41, 5.74) is 2.71. The Hall–Kier alpha value is -3.53. The number of benzene rings is 1. The molecule has 1 aliphatic rings. The maximum atomic E-state index is 12.2. The van der Waals surface area contributed by atoms with Crippen molar-refractivity contribution in [2.45, 2.75) is 12.5 Å². The van der Waals surface area contributed by atoms with Gasteiger partial charge in [0, 0.05) is 35.9 Å². The van der Waals surface area contributed by atoms with Crippen LogP contribution in [0.1, 0.15) is 28.6 Å². The van der Waals surface area contributed by atoms with Crippen molar-refractivity contribution in [2.24, 2.45) is 0 Å². The molecule has 1 atom stereocenters. The van der Waals surface area contributed by atoms with Crippen LogP contribution >= 0.6 is 0 Å². The first-order valence-corrected chi connectivity index (χ1v) is 8.36. The molecule has 0 saturated heterocycles. The van der Waals surface area contributed by atoms with Crippen molar-refractivity contribution in [1.82, 2.24) is 9.78 Å². The van der Waals surface area contributed by atoms with E-state index in [4.69, 9.17) is 9.68 Å². The number of carbonyl (C=O) groups excluding carboxylic acids is 1. The van der Waals surface area contributed by atoms with Gasteiger partial charge < -0.3 is 14.6 Å². The van der Waals surface area contributed by atoms with Gasteiger partial charge in [-0.2, -0.15) is 10.4 Å². The lowest BCUT2D eigenvalue weighted by molar-refractivity contribution is 0.0996. The van der Waals surface area contributed by atoms with E-state index < -0.39 is 0 Å². The third-order valence-corrected chi connectivity index (χ3v) is 4.51. The van der Waals surface area contributed by atoms with Gasteiger partial charge in [-0.1, -0.05) is 0 Å². The molecule has 1 unspecified atom stereocenters. The summed E-state index contributed by atoms with van der Waals surface area (Å²) in [4.78, 5) is 14.3. The smallest absolute Gasteiger partial charge is 0.291 e. The van der Waals surface area contributed by atoms with E-state index >= 15 is 0 Å². The third kappa shape index (κ3) is 2.93. The Balaban J connectivity index is 1.68. The summed E-state index contributed by atoms with van der Waals surface area (Å²) in [5, 5.41) is 16.3. The molecule has 2 aromatic heterocycles. The van der Waals surface area contributed by atoms with Gasteiger partial charge in [0.05, 0.1) is 18.4 Å². The number of aromatic nitrogens is 2. The molecular weight excluding hydrogens is 330 g/mol. The SMILES string of the molecule is N#CCN1CCC(n2cccn2)c2cc(NC(=O)c3ccco3)ccc21. The van der Waals surface area contributed by atoms with Crippen LogP contribution in [0.4, 0.5) is 11.4 Å². The zero-order chi connectivity index (χ0) is 17.9. The van der Waals surface area contributed by atoms with Gasteiger partial charge in [-0.05, 0) is 42.8 Å². The maximum absolute atomic E-state index is 12.2. The molecule has 3 heterocycles. The number of nitrogens with one attached hydrogen (secondary N) is 1. The summed E-state index contributed by atoms with van der Waals surface area (Å²) in [6.45, 7) is 1.11. The molecule has 0 bridgehead atoms. The molecule has 0 saturated carbocycles. The monoisotopic (exact) mass is 347 g/mol. The zero-order valence-electron chi connectivity index (χ0n) is 14.0. The van der Waals surface area contributed by atoms with E-state index in [0.717, 1.165) is 24.2 Å². The lowest BCUT2D eigenvalue weighted by Gasteiger charge is -2.34. The average molecular weight is 347 g/mol. The highest BCUT2D eigenvalue weighted by Crippen LogP contribution is 2.37. The van der Waals surface area contributed by atoms with Crippen molar-refractivity contribution >= 4 is 17.3 Å². The van der Waals surface area contributed by atoms with Crippen molar-refractivity contribution in [3.05, 3.63) is 66.4 Å². The second-order valence-electron chi connectivity index (χ2n) is 6.08. The Bertz CT molecular complexity index is 941. The van der Waals surface area contributed by atoms with Crippen LogP contribution in [-0.4, -0.2) is 28.8 Å². The molecular formula is C19H17N5O2. The normalized spacial score (nSPS) is 16.0. The van der Waals surface area contributed by atoms with Crippen LogP contribution < -0.4 is 10.2 Å². The van der Waals surface area contributed by atoms with Gasteiger partial charge in [0.15, 0.2) is 5.76 Å². The largest absolute Gasteiger partial charge is 0.459 e. The lowest BCUT2D eigenvalue weighted by atomic mass is 9.95. The van der Waals surface area contributed by atoms with Gasteiger partial charge in [-0.3, -0.25) is 9.48 Å². The van der Waals surface area contributed by atoms with Crippen molar-refractivity contribution in [3.8, 4) is 6.07 Å². The fraction of sp³-hybridized carbons (Fsp3) is 0.211. The van der Waals surface area contributed by atoms with Gasteiger partial charge in [-0.25, -0.2) is 0 Å². The van der Waals surface area contributed by atoms with Crippen molar-refractivity contribution in [3.63, 3.8) is 0 Å². The van der Waals surface area contributed by atoms with Gasteiger partial charge in [0.25, 0.3) is 5.91 Å². The van der Waals surface area contributed by atoms with E-state index in [2.05, 4.69) is 16.5 Å². The predicted octanol–water partition coefficient (Wildman–Crippen LogP) is 3.05. The number of nitriles is 1. The van der Waals surface area contributed by atoms with Gasteiger partial charge in [0.2, 0.25) is 0 Å². The Morgan fingerprint density at radius 1 is 1.38 bits per heavy atom. The number of amides is 1. The minimum Gasteiger partial charge on any atom is -0.459 e. The Labute approximate surface area is 150 Å². The van der Waals surface area contributed by atoms with E-state index in [-0.39, 0.29) is 17.7 Å². The summed E-state index contributed by atoms with van der Waals surface area (Å²) in [5.74, 6) is -0.0345. The Kier molecular flexibility index (Phi) is 4.15. The molecule has 0 spiro atoms. The standard InChI is InChI=1S/C19H17N5O2/c20-7-11-23-10-6-17(24-9-2-8-21-24)15-13-14(4-5-16(15)23)22-19(25)18-3-1-12-26-18/h1-5,8-9,12-13,17H,6,10-11H2,(H,22,25). The number of hydrogen-bond donors (Lipinski definition) is 1. The van der Waals surface area contributed by atoms with E-state index in [1.54, 1.807) is 18.3 Å². The summed E-state index contributed by atoms with van der Waals surface area (Å²) >= 11 is 0. The first kappa shape index (κ1) is 16.0. The molecule has 7 heteroatoms. The summed E-state index contributed by atoms with van der Waals surface area (Å²) in [6.07, 6.45) is 5.99. The van der Waals surface area contributed by atoms with Crippen LogP contribution in [0.5, 0.6) is 0 Å². The van der Waals surface area contributed by atoms with Crippen molar-refractivity contribution < 1.29 is 9.21 Å². The molecule has 4 rings (SSSR count). The highest BCUT2D eigenvalue weighted by atomic mass is 16.3. The van der Waals surface area contributed by atoms with E-state index in [1.165, 1.54) is 6.26 Å². The third-order valence-electron chi connectivity index (χ3n) is 4.51. The Morgan fingerprint density at radius 2 is 2.31 bits per heavy atom. The van der Waals surface area contributed by atoms with E-state index in [1.807, 2.05) is 40.0 Å². The van der Waals surface area contributed by atoms with Crippen LogP contribution in [-0.2, 0) is 0 Å². The minimum absolute atomic E-state index is 0.0652. The number of nitrogens with zero attached hydrogens (tertiary/aromatic N) is 4. The summed E-state index contributed by atoms with van der Waals surface area (Å²) in [7, 11) is 0. The van der Waals surface area contributed by atoms with Crippen LogP contribution in [0.2, 0.25) is 0 Å². The van der Waals surface area contributed by atoms with E-state index in [9.17, 15) is 4.79 Å². The second kappa shape index (κ2) is 6.76. The van der Waals surface area contributed by atoms with Crippen LogP contribution in [0.25, 0.3) is 0 Å². The molecule has 1 amide bonds. The van der Waals surface area contributed by atoms with Crippen LogP contribution in [0, 0.1) is 11.3 Å². The zero-order valence-corrected chi connectivity index (χ0v) is 14.0. The van der Waals surface area contributed by atoms with E-state index in [0.29, 0.717) is 12.2 Å². The fourth-order valence-electron chi connectivity index (χ4n) is 3.33. The molecule has 0 radical (unpaired) electrons. The summed E-state index contributed by atoms with van der Waals surface area (Å²) < 4.78 is 7.06. The average Bonchev–Trinajstić information content (AvgIpc) is 3.36. The van der Waals surface area contributed by atoms with Gasteiger partial charge in [-0.15, -0.1) is 0 Å². The number of fused-ring (bicyclic) bond motifs is 1. The highest BCUT2D eigenvalue weighted by Gasteiger charge is 2.27. The number of carbonyl (C=O) groups is 1. The number of anilines is 2. The molecule has 1 aliphatic heterocycles. The van der Waals surface area contributed by atoms with Gasteiger partial charge >= 0.3 is 0 Å². The number of rotatable bonds is 4. The van der Waals surface area contributed by atoms with Crippen molar-refractivity contribution in [2.75, 3.05) is 23.3 Å². The maximum Gasteiger partial charge on any atom is 0.291 e. The fourth-order valence-corrected chi connectivity index (χ4v) is 3.33. The molecule has 26 heavy (non-hydrogen) atoms. The van der Waals surface area contributed by atoms with Gasteiger partial charge in [0.1, 0.15) is 6.54 Å². The minimum atomic E-state index is -0.296. The molecule has 3 aromatic rings. The predicted molar refractivity (Wildman–Crippen MR) is 95.9 cm³/mol. The molecule has 130 valence electrons. The second-order valence-corrected chi connectivity index (χ2v) is 6.08. The number of hydrogen-bond acceptors (Lipinski definition) is 5. The molecule has 0 fully saturated rings. The van der Waals surface area contributed by atoms with Crippen LogP contribution in [0.15, 0.2) is 59.5 Å². The molecule has 0 aliphatic carbocycles. The molecule has 1 aromatic carbocycles. The molecule has 7 nitrogen and oxygen atoms in total. The molecule has 1 N–H and O–H groups in total. The number of furan rings is 1.